The molecule has 2 aliphatic heterocycles. The van der Waals surface area contributed by atoms with Crippen LogP contribution in [-0.2, 0) is 0 Å². The number of hydrogen-bond donors (Lipinski definition) is 0. The summed E-state index contributed by atoms with van der Waals surface area (Å²) in [4.78, 5) is 0. The molecule has 24 heavy (non-hydrogen) atoms. The van der Waals surface area contributed by atoms with Crippen molar-refractivity contribution in [3.05, 3.63) is 64.6 Å². The zero-order valence-corrected chi connectivity index (χ0v) is 13.7. The van der Waals surface area contributed by atoms with Crippen LogP contribution < -0.4 is 25.9 Å². The van der Waals surface area contributed by atoms with Crippen molar-refractivity contribution in [1.29, 1.82) is 0 Å². The highest BCUT2D eigenvalue weighted by Gasteiger charge is 2.40. The van der Waals surface area contributed by atoms with Crippen LogP contribution in [0.2, 0.25) is 0 Å². The van der Waals surface area contributed by atoms with Crippen LogP contribution >= 0.6 is 15.9 Å². The summed E-state index contributed by atoms with van der Waals surface area (Å²) in [7, 11) is 0. The van der Waals surface area contributed by atoms with Gasteiger partial charge in [-0.05, 0) is 35.2 Å². The molecule has 0 aliphatic carbocycles. The molecule has 0 saturated heterocycles. The van der Waals surface area contributed by atoms with E-state index >= 15 is 0 Å². The van der Waals surface area contributed by atoms with Crippen LogP contribution in [0.1, 0.15) is 0 Å². The fourth-order valence-corrected chi connectivity index (χ4v) is 3.82. The maximum atomic E-state index is 13.7. The molecule has 6 heteroatoms. The van der Waals surface area contributed by atoms with Crippen molar-refractivity contribution in [3.63, 3.8) is 0 Å². The molecule has 3 aromatic rings. The van der Waals surface area contributed by atoms with Crippen LogP contribution in [0.5, 0.6) is 23.0 Å². The number of halogens is 3. The first-order valence-corrected chi connectivity index (χ1v) is 8.17. The minimum Gasteiger partial charge on any atom is -0.458 e. The van der Waals surface area contributed by atoms with E-state index in [4.69, 9.17) is 9.47 Å². The van der Waals surface area contributed by atoms with E-state index in [1.807, 2.05) is 12.1 Å². The average molecular weight is 385 g/mol. The van der Waals surface area contributed by atoms with Gasteiger partial charge in [0.2, 0.25) is 0 Å². The van der Waals surface area contributed by atoms with Crippen molar-refractivity contribution < 1.29 is 18.3 Å². The predicted octanol–water partition coefficient (Wildman–Crippen LogP) is 3.45. The third kappa shape index (κ3) is 1.92. The van der Waals surface area contributed by atoms with Gasteiger partial charge in [-0.25, -0.2) is 8.78 Å². The molecule has 0 fully saturated rings. The maximum absolute atomic E-state index is 13.7. The van der Waals surface area contributed by atoms with E-state index in [0.717, 1.165) is 20.9 Å². The fourth-order valence-electron chi connectivity index (χ4n) is 3.41. The highest BCUT2D eigenvalue weighted by molar-refractivity contribution is 9.10. The van der Waals surface area contributed by atoms with Crippen LogP contribution in [0, 0.1) is 11.6 Å². The lowest BCUT2D eigenvalue weighted by molar-refractivity contribution is 0.459. The molecular weight excluding hydrogens is 377 g/mol. The Hall–Kier alpha value is -2.34. The normalized spacial score (nSPS) is 13.4. The molecule has 3 aromatic carbocycles. The Morgan fingerprint density at radius 1 is 0.708 bits per heavy atom. The molecule has 2 aliphatic rings. The van der Waals surface area contributed by atoms with E-state index < -0.39 is 0 Å². The minimum absolute atomic E-state index is 0.184. The zero-order chi connectivity index (χ0) is 16.4. The van der Waals surface area contributed by atoms with E-state index in [1.165, 1.54) is 24.3 Å². The molecule has 0 aromatic heterocycles. The summed E-state index contributed by atoms with van der Waals surface area (Å²) in [6.07, 6.45) is 0. The van der Waals surface area contributed by atoms with Gasteiger partial charge in [-0.2, -0.15) is 0 Å². The Bertz CT molecular complexity index is 945. The third-order valence-electron chi connectivity index (χ3n) is 4.37. The summed E-state index contributed by atoms with van der Waals surface area (Å²) in [5.74, 6) is 1.43. The van der Waals surface area contributed by atoms with Gasteiger partial charge in [0.05, 0.1) is 0 Å². The molecule has 0 spiro atoms. The number of rotatable bonds is 0. The summed E-state index contributed by atoms with van der Waals surface area (Å²) >= 11 is 3.43. The first kappa shape index (κ1) is 14.0. The standard InChI is InChI=1S/C18H8BBrF2O2/c20-9-5-16-18-17(6-9)24-15-8-11(22)2-4-13(15)19(18)12-3-1-10(21)7-14(12)23-16/h1-8H. The summed E-state index contributed by atoms with van der Waals surface area (Å²) < 4.78 is 39.9. The van der Waals surface area contributed by atoms with Gasteiger partial charge in [-0.15, -0.1) is 0 Å². The average Bonchev–Trinajstić information content (AvgIpc) is 2.53. The second-order valence-corrected chi connectivity index (χ2v) is 6.73. The topological polar surface area (TPSA) is 18.5 Å². The zero-order valence-electron chi connectivity index (χ0n) is 12.1. The number of benzene rings is 3. The van der Waals surface area contributed by atoms with Crippen molar-refractivity contribution in [1.82, 2.24) is 0 Å². The molecule has 116 valence electrons. The molecule has 0 amide bonds. The van der Waals surface area contributed by atoms with Crippen molar-refractivity contribution in [3.8, 4) is 23.0 Å². The van der Waals surface area contributed by atoms with Crippen LogP contribution in [0.4, 0.5) is 8.78 Å². The molecule has 0 N–H and O–H groups in total. The summed E-state index contributed by atoms with van der Waals surface area (Å²) in [5.41, 5.74) is 2.55. The highest BCUT2D eigenvalue weighted by atomic mass is 79.9. The monoisotopic (exact) mass is 384 g/mol. The van der Waals surface area contributed by atoms with Crippen molar-refractivity contribution in [2.45, 2.75) is 0 Å². The Morgan fingerprint density at radius 2 is 1.21 bits per heavy atom. The molecule has 0 unspecified atom stereocenters. The van der Waals surface area contributed by atoms with Gasteiger partial charge in [-0.1, -0.05) is 28.1 Å². The van der Waals surface area contributed by atoms with E-state index in [0.29, 0.717) is 23.0 Å². The molecule has 2 nitrogen and oxygen atoms in total. The number of hydrogen-bond acceptors (Lipinski definition) is 2. The predicted molar refractivity (Wildman–Crippen MR) is 91.7 cm³/mol. The minimum atomic E-state index is -0.362. The van der Waals surface area contributed by atoms with Gasteiger partial charge >= 0.3 is 0 Å². The molecular formula is C18H8BBrF2O2. The molecule has 0 radical (unpaired) electrons. The molecule has 2 heterocycles. The maximum Gasteiger partial charge on any atom is 0.260 e. The Morgan fingerprint density at radius 3 is 1.71 bits per heavy atom. The largest absolute Gasteiger partial charge is 0.458 e. The summed E-state index contributed by atoms with van der Waals surface area (Å²) in [6.45, 7) is -0.184. The molecule has 0 atom stereocenters. The van der Waals surface area contributed by atoms with Crippen LogP contribution in [-0.4, -0.2) is 6.71 Å². The fraction of sp³-hybridized carbons (Fsp3) is 0. The number of fused-ring (bicyclic) bond motifs is 4. The van der Waals surface area contributed by atoms with Gasteiger partial charge in [0, 0.05) is 22.1 Å². The molecule has 0 saturated carbocycles. The van der Waals surface area contributed by atoms with Gasteiger partial charge in [0.1, 0.15) is 34.6 Å². The van der Waals surface area contributed by atoms with Crippen LogP contribution in [0.3, 0.4) is 0 Å². The Kier molecular flexibility index (Phi) is 2.83. The number of ether oxygens (including phenoxy) is 2. The lowest BCUT2D eigenvalue weighted by Crippen LogP contribution is -2.57. The van der Waals surface area contributed by atoms with E-state index in [2.05, 4.69) is 15.9 Å². The van der Waals surface area contributed by atoms with Gasteiger partial charge < -0.3 is 9.47 Å². The van der Waals surface area contributed by atoms with E-state index in [-0.39, 0.29) is 18.3 Å². The quantitative estimate of drug-likeness (QED) is 0.381. The summed E-state index contributed by atoms with van der Waals surface area (Å²) in [5, 5.41) is 0. The molecule has 0 bridgehead atoms. The SMILES string of the molecule is Fc1ccc2c(c1)Oc1cc(Br)cc3c1B2c1ccc(F)cc1O3. The Balaban J connectivity index is 1.85. The summed E-state index contributed by atoms with van der Waals surface area (Å²) in [6, 6.07) is 12.6. The van der Waals surface area contributed by atoms with Crippen molar-refractivity contribution in [2.24, 2.45) is 0 Å². The van der Waals surface area contributed by atoms with Gasteiger partial charge in [0.15, 0.2) is 0 Å². The van der Waals surface area contributed by atoms with Gasteiger partial charge in [0.25, 0.3) is 6.71 Å². The van der Waals surface area contributed by atoms with E-state index in [1.54, 1.807) is 12.1 Å². The molecule has 5 rings (SSSR count). The lowest BCUT2D eigenvalue weighted by Gasteiger charge is -2.32. The third-order valence-corrected chi connectivity index (χ3v) is 4.83. The first-order valence-electron chi connectivity index (χ1n) is 7.38. The van der Waals surface area contributed by atoms with Crippen LogP contribution in [0.15, 0.2) is 53.0 Å². The highest BCUT2D eigenvalue weighted by Crippen LogP contribution is 2.36. The van der Waals surface area contributed by atoms with Crippen molar-refractivity contribution in [2.75, 3.05) is 0 Å². The second kappa shape index (κ2) is 4.83. The van der Waals surface area contributed by atoms with Crippen molar-refractivity contribution >= 4 is 39.0 Å². The Labute approximate surface area is 145 Å². The van der Waals surface area contributed by atoms with Crippen LogP contribution in [0.25, 0.3) is 0 Å². The smallest absolute Gasteiger partial charge is 0.260 e. The van der Waals surface area contributed by atoms with Gasteiger partial charge in [-0.3, -0.25) is 0 Å². The van der Waals surface area contributed by atoms with E-state index in [9.17, 15) is 8.78 Å². The first-order chi connectivity index (χ1) is 11.6. The second-order valence-electron chi connectivity index (χ2n) is 5.82. The lowest BCUT2D eigenvalue weighted by atomic mass is 9.35.